The molecule has 0 unspecified atom stereocenters. The Kier molecular flexibility index (Phi) is 4.12. The van der Waals surface area contributed by atoms with Crippen molar-refractivity contribution in [2.45, 2.75) is 12.5 Å². The minimum Gasteiger partial charge on any atom is -0.319 e. The molecule has 2 N–H and O–H groups in total. The molecule has 0 radical (unpaired) electrons. The van der Waals surface area contributed by atoms with E-state index in [1.54, 1.807) is 31.2 Å². The third kappa shape index (κ3) is 3.04. The lowest BCUT2D eigenvalue weighted by atomic mass is 9.92. The molecule has 27 heavy (non-hydrogen) atoms. The van der Waals surface area contributed by atoms with Crippen LogP contribution in [0.5, 0.6) is 0 Å². The first-order valence-electron chi connectivity index (χ1n) is 8.32. The molecule has 4 rings (SSSR count). The van der Waals surface area contributed by atoms with Crippen LogP contribution in [0.1, 0.15) is 12.5 Å². The average molecular weight is 380 g/mol. The van der Waals surface area contributed by atoms with Gasteiger partial charge in [-0.05, 0) is 24.6 Å². The summed E-state index contributed by atoms with van der Waals surface area (Å²) in [6.07, 6.45) is 0. The zero-order chi connectivity index (χ0) is 19.0. The molecule has 1 aliphatic heterocycles. The fourth-order valence-corrected chi connectivity index (χ4v) is 3.92. The van der Waals surface area contributed by atoms with Crippen molar-refractivity contribution in [3.63, 3.8) is 0 Å². The second kappa shape index (κ2) is 6.48. The number of thiazole rings is 1. The Bertz CT molecular complexity index is 1020. The molecule has 2 aromatic carbocycles. The van der Waals surface area contributed by atoms with Crippen LogP contribution in [0.3, 0.4) is 0 Å². The Labute approximate surface area is 159 Å². The number of carbonyl (C=O) groups excluding carboxylic acids is 3. The van der Waals surface area contributed by atoms with E-state index < -0.39 is 23.4 Å². The number of hydrogen-bond acceptors (Lipinski definition) is 5. The van der Waals surface area contributed by atoms with Crippen molar-refractivity contribution >= 4 is 44.5 Å². The normalized spacial score (nSPS) is 19.4. The minimum atomic E-state index is -1.19. The molecule has 1 aromatic heterocycles. The van der Waals surface area contributed by atoms with E-state index in [9.17, 15) is 14.4 Å². The first kappa shape index (κ1) is 17.2. The Balaban J connectivity index is 1.49. The summed E-state index contributed by atoms with van der Waals surface area (Å²) in [5.74, 6) is -0.937. The molecule has 7 nitrogen and oxygen atoms in total. The average Bonchev–Trinajstić information content (AvgIpc) is 3.16. The highest BCUT2D eigenvalue weighted by Gasteiger charge is 2.49. The topological polar surface area (TPSA) is 91.4 Å². The number of hydrogen-bond donors (Lipinski definition) is 2. The first-order valence-corrected chi connectivity index (χ1v) is 9.14. The number of urea groups is 1. The number of fused-ring (bicyclic) bond motifs is 1. The van der Waals surface area contributed by atoms with Gasteiger partial charge in [-0.25, -0.2) is 9.78 Å². The van der Waals surface area contributed by atoms with Crippen molar-refractivity contribution in [2.75, 3.05) is 11.9 Å². The van der Waals surface area contributed by atoms with Gasteiger partial charge in [0.25, 0.3) is 5.91 Å². The van der Waals surface area contributed by atoms with Gasteiger partial charge in [-0.1, -0.05) is 53.8 Å². The lowest BCUT2D eigenvalue weighted by Gasteiger charge is -2.21. The zero-order valence-electron chi connectivity index (χ0n) is 14.4. The smallest absolute Gasteiger partial charge is 0.319 e. The van der Waals surface area contributed by atoms with E-state index in [0.717, 1.165) is 15.1 Å². The van der Waals surface area contributed by atoms with Gasteiger partial charge in [0.1, 0.15) is 12.1 Å². The standard InChI is InChI=1S/C19H16N4O3S/c1-19(12-7-3-2-4-8-12)16(25)23(18(26)22-19)11-15(24)21-17-20-13-9-5-6-10-14(13)27-17/h2-10H,11H2,1H3,(H,22,26)(H,20,21,24)/t19-/m1/s1. The monoisotopic (exact) mass is 380 g/mol. The maximum absolute atomic E-state index is 12.8. The number of nitrogens with zero attached hydrogens (tertiary/aromatic N) is 2. The van der Waals surface area contributed by atoms with E-state index in [4.69, 9.17) is 0 Å². The lowest BCUT2D eigenvalue weighted by Crippen LogP contribution is -2.42. The Morgan fingerprint density at radius 3 is 2.59 bits per heavy atom. The van der Waals surface area contributed by atoms with E-state index in [1.165, 1.54) is 11.3 Å². The van der Waals surface area contributed by atoms with Crippen LogP contribution < -0.4 is 10.6 Å². The second-order valence-electron chi connectivity index (χ2n) is 6.35. The lowest BCUT2D eigenvalue weighted by molar-refractivity contribution is -0.133. The number of imide groups is 1. The van der Waals surface area contributed by atoms with Gasteiger partial charge in [0, 0.05) is 0 Å². The van der Waals surface area contributed by atoms with Gasteiger partial charge in [0.15, 0.2) is 5.13 Å². The Morgan fingerprint density at radius 1 is 1.15 bits per heavy atom. The van der Waals surface area contributed by atoms with Crippen LogP contribution in [-0.2, 0) is 15.1 Å². The summed E-state index contributed by atoms with van der Waals surface area (Å²) in [4.78, 5) is 42.7. The highest BCUT2D eigenvalue weighted by atomic mass is 32.1. The second-order valence-corrected chi connectivity index (χ2v) is 7.38. The molecule has 1 saturated heterocycles. The van der Waals surface area contributed by atoms with Crippen LogP contribution in [0.15, 0.2) is 54.6 Å². The number of para-hydroxylation sites is 1. The summed E-state index contributed by atoms with van der Waals surface area (Å²) in [5, 5.41) is 5.77. The maximum Gasteiger partial charge on any atom is 0.325 e. The molecule has 8 heteroatoms. The Morgan fingerprint density at radius 2 is 1.85 bits per heavy atom. The SMILES string of the molecule is C[C@]1(c2ccccc2)NC(=O)N(CC(=O)Nc2nc3ccccc3s2)C1=O. The molecule has 0 saturated carbocycles. The summed E-state index contributed by atoms with van der Waals surface area (Å²) in [6, 6.07) is 15.9. The highest BCUT2D eigenvalue weighted by molar-refractivity contribution is 7.22. The van der Waals surface area contributed by atoms with Crippen molar-refractivity contribution in [3.05, 3.63) is 60.2 Å². The van der Waals surface area contributed by atoms with Gasteiger partial charge in [0.05, 0.1) is 10.2 Å². The predicted octanol–water partition coefficient (Wildman–Crippen LogP) is 2.70. The first-order chi connectivity index (χ1) is 13.0. The molecule has 136 valence electrons. The zero-order valence-corrected chi connectivity index (χ0v) is 15.2. The van der Waals surface area contributed by atoms with Gasteiger partial charge >= 0.3 is 6.03 Å². The van der Waals surface area contributed by atoms with E-state index >= 15 is 0 Å². The summed E-state index contributed by atoms with van der Waals surface area (Å²) in [5.41, 5.74) is 0.260. The fourth-order valence-electron chi connectivity index (χ4n) is 3.04. The van der Waals surface area contributed by atoms with E-state index in [2.05, 4.69) is 15.6 Å². The van der Waals surface area contributed by atoms with E-state index in [1.807, 2.05) is 30.3 Å². The highest BCUT2D eigenvalue weighted by Crippen LogP contribution is 2.29. The maximum atomic E-state index is 12.8. The molecule has 0 bridgehead atoms. The molecule has 3 aromatic rings. The quantitative estimate of drug-likeness (QED) is 0.681. The van der Waals surface area contributed by atoms with Crippen molar-refractivity contribution in [2.24, 2.45) is 0 Å². The predicted molar refractivity (Wildman–Crippen MR) is 102 cm³/mol. The van der Waals surface area contributed by atoms with Crippen molar-refractivity contribution in [3.8, 4) is 0 Å². The summed E-state index contributed by atoms with van der Waals surface area (Å²) in [7, 11) is 0. The van der Waals surface area contributed by atoms with Gasteiger partial charge < -0.3 is 10.6 Å². The number of anilines is 1. The van der Waals surface area contributed by atoms with Gasteiger partial charge in [-0.2, -0.15) is 0 Å². The molecule has 1 atom stereocenters. The van der Waals surface area contributed by atoms with Crippen molar-refractivity contribution < 1.29 is 14.4 Å². The van der Waals surface area contributed by atoms with Crippen molar-refractivity contribution in [1.82, 2.24) is 15.2 Å². The van der Waals surface area contributed by atoms with Gasteiger partial charge in [-0.3, -0.25) is 14.5 Å². The van der Waals surface area contributed by atoms with Crippen LogP contribution in [-0.4, -0.2) is 34.3 Å². The molecule has 2 heterocycles. The summed E-state index contributed by atoms with van der Waals surface area (Å²) >= 11 is 1.33. The van der Waals surface area contributed by atoms with E-state index in [0.29, 0.717) is 10.7 Å². The van der Waals surface area contributed by atoms with Crippen LogP contribution in [0.4, 0.5) is 9.93 Å². The van der Waals surface area contributed by atoms with Crippen molar-refractivity contribution in [1.29, 1.82) is 0 Å². The molecule has 0 aliphatic carbocycles. The largest absolute Gasteiger partial charge is 0.325 e. The summed E-state index contributed by atoms with van der Waals surface area (Å²) in [6.45, 7) is 1.26. The van der Waals surface area contributed by atoms with Gasteiger partial charge in [-0.15, -0.1) is 0 Å². The molecule has 1 fully saturated rings. The molecule has 0 spiro atoms. The van der Waals surface area contributed by atoms with Gasteiger partial charge in [0.2, 0.25) is 5.91 Å². The molecular weight excluding hydrogens is 364 g/mol. The molecular formula is C19H16N4O3S. The number of benzene rings is 2. The summed E-state index contributed by atoms with van der Waals surface area (Å²) < 4.78 is 0.944. The number of aromatic nitrogens is 1. The minimum absolute atomic E-state index is 0.372. The molecule has 1 aliphatic rings. The van der Waals surface area contributed by atoms with Crippen LogP contribution in [0.2, 0.25) is 0 Å². The number of rotatable bonds is 4. The molecule has 4 amide bonds. The van der Waals surface area contributed by atoms with Crippen LogP contribution >= 0.6 is 11.3 Å². The van der Waals surface area contributed by atoms with Crippen LogP contribution in [0.25, 0.3) is 10.2 Å². The van der Waals surface area contributed by atoms with E-state index in [-0.39, 0.29) is 6.54 Å². The third-order valence-electron chi connectivity index (χ3n) is 4.47. The number of nitrogens with one attached hydrogen (secondary N) is 2. The number of amides is 4. The van der Waals surface area contributed by atoms with Crippen LogP contribution in [0, 0.1) is 0 Å². The Hall–Kier alpha value is -3.26. The fraction of sp³-hybridized carbons (Fsp3) is 0.158. The number of carbonyl (C=O) groups is 3. The third-order valence-corrected chi connectivity index (χ3v) is 5.42.